The van der Waals surface area contributed by atoms with Gasteiger partial charge in [0.25, 0.3) is 5.91 Å². The molecule has 0 radical (unpaired) electrons. The number of carbonyl (C=O) groups is 1. The number of piperazine rings is 1. The van der Waals surface area contributed by atoms with E-state index in [1.807, 2.05) is 20.8 Å². The van der Waals surface area contributed by atoms with E-state index in [0.717, 1.165) is 18.9 Å². The Balaban J connectivity index is 1.69. The number of halogens is 3. The lowest BCUT2D eigenvalue weighted by atomic mass is 10.0. The Labute approximate surface area is 227 Å². The fraction of sp³-hybridized carbons (Fsp3) is 0.500. The molecule has 2 heterocycles. The maximum absolute atomic E-state index is 13.5. The summed E-state index contributed by atoms with van der Waals surface area (Å²) in [6, 6.07) is 6.60. The predicted molar refractivity (Wildman–Crippen MR) is 142 cm³/mol. The summed E-state index contributed by atoms with van der Waals surface area (Å²) >= 11 is 12.7. The molecular formula is C26H31Cl2FN2O5S. The van der Waals surface area contributed by atoms with Gasteiger partial charge < -0.3 is 19.3 Å². The van der Waals surface area contributed by atoms with Crippen molar-refractivity contribution in [1.29, 1.82) is 0 Å². The highest BCUT2D eigenvalue weighted by atomic mass is 35.5. The van der Waals surface area contributed by atoms with E-state index in [1.54, 1.807) is 11.0 Å². The number of ether oxygens (including phenoxy) is 2. The van der Waals surface area contributed by atoms with Crippen LogP contribution in [-0.2, 0) is 14.6 Å². The highest BCUT2D eigenvalue weighted by Crippen LogP contribution is 2.45. The van der Waals surface area contributed by atoms with E-state index in [-0.39, 0.29) is 51.0 Å². The lowest BCUT2D eigenvalue weighted by Crippen LogP contribution is -2.55. The van der Waals surface area contributed by atoms with Gasteiger partial charge in [-0.2, -0.15) is 0 Å². The minimum atomic E-state index is -3.63. The molecule has 0 N–H and O–H groups in total. The number of carbonyl (C=O) groups excluding carboxylic acids is 1. The standard InChI is InChI=1S/C26H31Cl2FN2O5S/c1-26(2,3)14-37(33,34)19-10-22(28)24(36-15-35-4)23(11-19)31-17-6-7-18(31)13-30(12-17)25(32)20-8-5-16(29)9-21(20)27/h5,8-11,17-18H,6-7,12-15H2,1-4H3. The van der Waals surface area contributed by atoms with Crippen LogP contribution in [0.25, 0.3) is 0 Å². The van der Waals surface area contributed by atoms with Gasteiger partial charge in [-0.3, -0.25) is 4.79 Å². The molecule has 2 aromatic carbocycles. The van der Waals surface area contributed by atoms with Gasteiger partial charge in [-0.25, -0.2) is 12.8 Å². The van der Waals surface area contributed by atoms with Crippen molar-refractivity contribution in [2.24, 2.45) is 5.41 Å². The first kappa shape index (κ1) is 28.0. The van der Waals surface area contributed by atoms with Crippen LogP contribution < -0.4 is 9.64 Å². The van der Waals surface area contributed by atoms with Crippen LogP contribution in [0.2, 0.25) is 10.0 Å². The summed E-state index contributed by atoms with van der Waals surface area (Å²) in [7, 11) is -2.14. The first-order valence-electron chi connectivity index (χ1n) is 12.0. The maximum atomic E-state index is 13.5. The lowest BCUT2D eigenvalue weighted by molar-refractivity contribution is 0.0512. The molecule has 2 bridgehead atoms. The summed E-state index contributed by atoms with van der Waals surface area (Å²) in [6.07, 6.45) is 1.60. The van der Waals surface area contributed by atoms with Gasteiger partial charge in [-0.15, -0.1) is 0 Å². The summed E-state index contributed by atoms with van der Waals surface area (Å²) < 4.78 is 50.9. The highest BCUT2D eigenvalue weighted by Gasteiger charge is 2.43. The molecule has 2 saturated heterocycles. The summed E-state index contributed by atoms with van der Waals surface area (Å²) in [6.45, 7) is 6.33. The molecule has 0 saturated carbocycles. The van der Waals surface area contributed by atoms with Crippen molar-refractivity contribution in [2.45, 2.75) is 50.6 Å². The second-order valence-electron chi connectivity index (χ2n) is 10.8. The molecule has 11 heteroatoms. The highest BCUT2D eigenvalue weighted by molar-refractivity contribution is 7.91. The van der Waals surface area contributed by atoms with Crippen molar-refractivity contribution in [1.82, 2.24) is 4.90 Å². The van der Waals surface area contributed by atoms with Crippen LogP contribution in [0.1, 0.15) is 44.0 Å². The average molecular weight is 574 g/mol. The number of rotatable bonds is 7. The van der Waals surface area contributed by atoms with E-state index in [0.29, 0.717) is 24.5 Å². The number of nitrogens with zero attached hydrogens (tertiary/aromatic N) is 2. The average Bonchev–Trinajstić information content (AvgIpc) is 3.04. The molecule has 2 unspecified atom stereocenters. The van der Waals surface area contributed by atoms with Crippen molar-refractivity contribution < 1.29 is 27.1 Å². The van der Waals surface area contributed by atoms with Crippen LogP contribution in [0.4, 0.5) is 10.1 Å². The Morgan fingerprint density at radius 1 is 1.08 bits per heavy atom. The van der Waals surface area contributed by atoms with E-state index in [9.17, 15) is 17.6 Å². The van der Waals surface area contributed by atoms with E-state index in [2.05, 4.69) is 4.90 Å². The van der Waals surface area contributed by atoms with Gasteiger partial charge in [-0.1, -0.05) is 44.0 Å². The number of hydrogen-bond donors (Lipinski definition) is 0. The van der Waals surface area contributed by atoms with Crippen molar-refractivity contribution in [3.8, 4) is 5.75 Å². The zero-order chi connectivity index (χ0) is 27.1. The van der Waals surface area contributed by atoms with Crippen molar-refractivity contribution in [3.05, 3.63) is 51.8 Å². The third-order valence-electron chi connectivity index (χ3n) is 6.51. The molecule has 0 spiro atoms. The predicted octanol–water partition coefficient (Wildman–Crippen LogP) is 5.43. The quantitative estimate of drug-likeness (QED) is 0.412. The Bertz CT molecular complexity index is 1280. The van der Waals surface area contributed by atoms with Gasteiger partial charge in [-0.05, 0) is 48.6 Å². The van der Waals surface area contributed by atoms with Crippen molar-refractivity contribution >= 4 is 44.6 Å². The third-order valence-corrected chi connectivity index (χ3v) is 9.30. The number of benzene rings is 2. The van der Waals surface area contributed by atoms with Gasteiger partial charge in [0.2, 0.25) is 0 Å². The molecule has 2 fully saturated rings. The minimum absolute atomic E-state index is 0.0401. The first-order valence-corrected chi connectivity index (χ1v) is 14.4. The molecule has 2 atom stereocenters. The van der Waals surface area contributed by atoms with E-state index in [4.69, 9.17) is 32.7 Å². The molecule has 2 aliphatic rings. The molecule has 4 rings (SSSR count). The second kappa shape index (κ2) is 10.6. The number of methoxy groups -OCH3 is 1. The number of amides is 1. The van der Waals surface area contributed by atoms with Crippen LogP contribution in [0.5, 0.6) is 5.75 Å². The molecule has 2 aliphatic heterocycles. The molecule has 0 aromatic heterocycles. The van der Waals surface area contributed by atoms with Gasteiger partial charge >= 0.3 is 0 Å². The number of likely N-dealkylation sites (tertiary alicyclic amines) is 1. The van der Waals surface area contributed by atoms with Crippen LogP contribution in [-0.4, -0.2) is 64.1 Å². The van der Waals surface area contributed by atoms with Crippen LogP contribution in [0.3, 0.4) is 0 Å². The maximum Gasteiger partial charge on any atom is 0.255 e. The normalized spacial score (nSPS) is 19.9. The molecule has 7 nitrogen and oxygen atoms in total. The van der Waals surface area contributed by atoms with Gasteiger partial charge in [0, 0.05) is 32.3 Å². The van der Waals surface area contributed by atoms with E-state index < -0.39 is 21.1 Å². The zero-order valence-corrected chi connectivity index (χ0v) is 23.6. The number of hydrogen-bond acceptors (Lipinski definition) is 6. The Morgan fingerprint density at radius 2 is 1.73 bits per heavy atom. The number of sulfone groups is 1. The summed E-state index contributed by atoms with van der Waals surface area (Å²) in [5.74, 6) is -0.469. The molecular weight excluding hydrogens is 542 g/mol. The van der Waals surface area contributed by atoms with Crippen molar-refractivity contribution in [3.63, 3.8) is 0 Å². The van der Waals surface area contributed by atoms with Gasteiger partial charge in [0.1, 0.15) is 5.82 Å². The topological polar surface area (TPSA) is 76.2 Å². The van der Waals surface area contributed by atoms with Crippen LogP contribution in [0, 0.1) is 11.2 Å². The molecule has 37 heavy (non-hydrogen) atoms. The van der Waals surface area contributed by atoms with Crippen molar-refractivity contribution in [2.75, 3.05) is 37.6 Å². The first-order chi connectivity index (χ1) is 17.3. The SMILES string of the molecule is COCOc1c(Cl)cc(S(=O)(=O)CC(C)(C)C)cc1N1C2CCC1CN(C(=O)c1ccc(F)cc1Cl)C2. The van der Waals surface area contributed by atoms with Crippen LogP contribution >= 0.6 is 23.2 Å². The minimum Gasteiger partial charge on any atom is -0.464 e. The van der Waals surface area contributed by atoms with Gasteiger partial charge in [0.05, 0.1) is 31.9 Å². The summed E-state index contributed by atoms with van der Waals surface area (Å²) in [5.41, 5.74) is 0.373. The fourth-order valence-electron chi connectivity index (χ4n) is 5.14. The molecule has 202 valence electrons. The van der Waals surface area contributed by atoms with E-state index in [1.165, 1.54) is 25.3 Å². The smallest absolute Gasteiger partial charge is 0.255 e. The van der Waals surface area contributed by atoms with E-state index >= 15 is 0 Å². The Hall–Kier alpha value is -2.07. The van der Waals surface area contributed by atoms with Crippen LogP contribution in [0.15, 0.2) is 35.2 Å². The second-order valence-corrected chi connectivity index (χ2v) is 13.6. The molecule has 2 aromatic rings. The van der Waals surface area contributed by atoms with Gasteiger partial charge in [0.15, 0.2) is 22.4 Å². The largest absolute Gasteiger partial charge is 0.464 e. The third kappa shape index (κ3) is 6.00. The summed E-state index contributed by atoms with van der Waals surface area (Å²) in [5, 5.41) is 0.247. The molecule has 0 aliphatic carbocycles. The number of anilines is 1. The summed E-state index contributed by atoms with van der Waals surface area (Å²) in [4.78, 5) is 17.2. The Kier molecular flexibility index (Phi) is 8.00. The Morgan fingerprint density at radius 3 is 2.30 bits per heavy atom. The monoisotopic (exact) mass is 572 g/mol. The molecule has 1 amide bonds. The number of fused-ring (bicyclic) bond motifs is 2. The zero-order valence-electron chi connectivity index (χ0n) is 21.3. The lowest BCUT2D eigenvalue weighted by Gasteiger charge is -2.43. The fourth-order valence-corrected chi connectivity index (χ4v) is 7.61.